The molecule has 0 aromatic carbocycles. The maximum absolute atomic E-state index is 11.7. The van der Waals surface area contributed by atoms with Gasteiger partial charge >= 0.3 is 5.97 Å². The number of rotatable bonds is 1. The summed E-state index contributed by atoms with van der Waals surface area (Å²) < 4.78 is 4.82. The molecule has 2 fully saturated rings. The van der Waals surface area contributed by atoms with Gasteiger partial charge in [0.15, 0.2) is 0 Å². The van der Waals surface area contributed by atoms with Crippen LogP contribution in [0.1, 0.15) is 25.7 Å². The third-order valence-electron chi connectivity index (χ3n) is 3.58. The van der Waals surface area contributed by atoms with Gasteiger partial charge in [0.1, 0.15) is 0 Å². The molecule has 2 aliphatic carbocycles. The minimum atomic E-state index is -0.464. The summed E-state index contributed by atoms with van der Waals surface area (Å²) in [6, 6.07) is 0. The Morgan fingerprint density at radius 1 is 1.64 bits per heavy atom. The molecule has 0 heterocycles. The van der Waals surface area contributed by atoms with Crippen LogP contribution < -0.4 is 0 Å². The molecule has 2 rings (SSSR count). The van der Waals surface area contributed by atoms with Gasteiger partial charge in [-0.3, -0.25) is 4.79 Å². The van der Waals surface area contributed by atoms with Gasteiger partial charge in [0.2, 0.25) is 0 Å². The van der Waals surface area contributed by atoms with E-state index < -0.39 is 5.41 Å². The molecule has 1 N–H and O–H groups in total. The molecule has 0 aliphatic heterocycles. The highest BCUT2D eigenvalue weighted by atomic mass is 16.5. The molecular weight excluding hydrogens is 180 g/mol. The lowest BCUT2D eigenvalue weighted by Gasteiger charge is -2.32. The van der Waals surface area contributed by atoms with Crippen LogP contribution in [0.3, 0.4) is 0 Å². The van der Waals surface area contributed by atoms with Crippen LogP contribution in [-0.2, 0) is 9.53 Å². The van der Waals surface area contributed by atoms with Crippen molar-refractivity contribution in [2.45, 2.75) is 31.8 Å². The largest absolute Gasteiger partial charge is 0.469 e. The first-order valence-corrected chi connectivity index (χ1v) is 5.01. The molecule has 3 nitrogen and oxygen atoms in total. The first-order chi connectivity index (χ1) is 6.57. The molecule has 78 valence electrons. The standard InChI is InChI=1S/C11H16O3/c1-7-4-11(10(13)14-2)5-8(7)3-9(12)6-11/h8-9,12H,1,3-6H2,2H3. The number of hydrogen-bond donors (Lipinski definition) is 1. The van der Waals surface area contributed by atoms with Crippen LogP contribution in [0.25, 0.3) is 0 Å². The van der Waals surface area contributed by atoms with Gasteiger partial charge in [0, 0.05) is 0 Å². The molecule has 2 saturated carbocycles. The normalized spacial score (nSPS) is 41.1. The predicted molar refractivity (Wildman–Crippen MR) is 51.6 cm³/mol. The zero-order chi connectivity index (χ0) is 10.3. The topological polar surface area (TPSA) is 46.5 Å². The molecule has 3 unspecified atom stereocenters. The highest BCUT2D eigenvalue weighted by molar-refractivity contribution is 5.78. The quantitative estimate of drug-likeness (QED) is 0.507. The average molecular weight is 196 g/mol. The number of carbonyl (C=O) groups excluding carboxylic acids is 1. The predicted octanol–water partition coefficient (Wildman–Crippen LogP) is 1.27. The van der Waals surface area contributed by atoms with E-state index in [0.717, 1.165) is 18.4 Å². The van der Waals surface area contributed by atoms with Crippen molar-refractivity contribution in [1.82, 2.24) is 0 Å². The number of aliphatic hydroxyl groups is 1. The van der Waals surface area contributed by atoms with Gasteiger partial charge in [-0.1, -0.05) is 12.2 Å². The molecule has 3 heteroatoms. The van der Waals surface area contributed by atoms with Gasteiger partial charge in [0.05, 0.1) is 18.6 Å². The molecule has 0 amide bonds. The van der Waals surface area contributed by atoms with Gasteiger partial charge in [-0.2, -0.15) is 0 Å². The van der Waals surface area contributed by atoms with Crippen molar-refractivity contribution in [2.24, 2.45) is 11.3 Å². The second-order valence-corrected chi connectivity index (χ2v) is 4.60. The fourth-order valence-corrected chi connectivity index (χ4v) is 2.99. The fraction of sp³-hybridized carbons (Fsp3) is 0.727. The highest BCUT2D eigenvalue weighted by Crippen LogP contribution is 2.54. The van der Waals surface area contributed by atoms with Crippen LogP contribution in [0.15, 0.2) is 12.2 Å². The molecule has 0 aromatic rings. The van der Waals surface area contributed by atoms with E-state index in [2.05, 4.69) is 6.58 Å². The zero-order valence-corrected chi connectivity index (χ0v) is 8.45. The Morgan fingerprint density at radius 2 is 2.36 bits per heavy atom. The number of allylic oxidation sites excluding steroid dienone is 1. The summed E-state index contributed by atoms with van der Waals surface area (Å²) in [6.07, 6.45) is 2.44. The molecule has 0 radical (unpaired) electrons. The summed E-state index contributed by atoms with van der Waals surface area (Å²) in [5.41, 5.74) is 0.640. The monoisotopic (exact) mass is 196 g/mol. The Kier molecular flexibility index (Phi) is 2.14. The number of aliphatic hydroxyl groups excluding tert-OH is 1. The number of carbonyl (C=O) groups is 1. The lowest BCUT2D eigenvalue weighted by atomic mass is 9.74. The molecule has 0 saturated heterocycles. The minimum Gasteiger partial charge on any atom is -0.469 e. The number of fused-ring (bicyclic) bond motifs is 2. The third kappa shape index (κ3) is 1.27. The second kappa shape index (κ2) is 3.09. The Balaban J connectivity index is 2.27. The van der Waals surface area contributed by atoms with Crippen LogP contribution >= 0.6 is 0 Å². The number of hydrogen-bond acceptors (Lipinski definition) is 3. The molecule has 0 spiro atoms. The Labute approximate surface area is 83.8 Å². The van der Waals surface area contributed by atoms with E-state index in [1.165, 1.54) is 7.11 Å². The van der Waals surface area contributed by atoms with Crippen molar-refractivity contribution in [3.8, 4) is 0 Å². The zero-order valence-electron chi connectivity index (χ0n) is 8.45. The van der Waals surface area contributed by atoms with E-state index in [1.807, 2.05) is 0 Å². The van der Waals surface area contributed by atoms with Crippen LogP contribution in [-0.4, -0.2) is 24.3 Å². The van der Waals surface area contributed by atoms with Crippen LogP contribution in [0, 0.1) is 11.3 Å². The Hall–Kier alpha value is -0.830. The first kappa shape index (κ1) is 9.71. The summed E-state index contributed by atoms with van der Waals surface area (Å²) in [6.45, 7) is 3.97. The van der Waals surface area contributed by atoms with Gasteiger partial charge in [0.25, 0.3) is 0 Å². The maximum atomic E-state index is 11.7. The van der Waals surface area contributed by atoms with E-state index in [0.29, 0.717) is 18.8 Å². The molecule has 2 bridgehead atoms. The van der Waals surface area contributed by atoms with Crippen molar-refractivity contribution >= 4 is 5.97 Å². The van der Waals surface area contributed by atoms with Gasteiger partial charge in [-0.25, -0.2) is 0 Å². The van der Waals surface area contributed by atoms with Crippen LogP contribution in [0.2, 0.25) is 0 Å². The summed E-state index contributed by atoms with van der Waals surface area (Å²) in [5, 5.41) is 9.67. The summed E-state index contributed by atoms with van der Waals surface area (Å²) in [4.78, 5) is 11.7. The van der Waals surface area contributed by atoms with Crippen molar-refractivity contribution in [1.29, 1.82) is 0 Å². The average Bonchev–Trinajstić information content (AvgIpc) is 2.37. The molecule has 14 heavy (non-hydrogen) atoms. The van der Waals surface area contributed by atoms with Gasteiger partial charge in [-0.15, -0.1) is 0 Å². The van der Waals surface area contributed by atoms with Crippen molar-refractivity contribution in [3.63, 3.8) is 0 Å². The fourth-order valence-electron chi connectivity index (χ4n) is 2.99. The number of ether oxygens (including phenoxy) is 1. The minimum absolute atomic E-state index is 0.181. The maximum Gasteiger partial charge on any atom is 0.312 e. The van der Waals surface area contributed by atoms with E-state index in [1.54, 1.807) is 0 Å². The summed E-state index contributed by atoms with van der Waals surface area (Å²) in [7, 11) is 1.41. The lowest BCUT2D eigenvalue weighted by Crippen LogP contribution is -2.37. The highest BCUT2D eigenvalue weighted by Gasteiger charge is 2.52. The van der Waals surface area contributed by atoms with Gasteiger partial charge < -0.3 is 9.84 Å². The molecule has 0 aromatic heterocycles. The number of esters is 1. The Morgan fingerprint density at radius 3 is 3.00 bits per heavy atom. The number of methoxy groups -OCH3 is 1. The molecule has 2 aliphatic rings. The van der Waals surface area contributed by atoms with Gasteiger partial charge in [-0.05, 0) is 31.6 Å². The Bertz CT molecular complexity index is 284. The summed E-state index contributed by atoms with van der Waals surface area (Å²) in [5.74, 6) is 0.137. The third-order valence-corrected chi connectivity index (χ3v) is 3.58. The van der Waals surface area contributed by atoms with E-state index in [4.69, 9.17) is 4.74 Å². The molecular formula is C11H16O3. The lowest BCUT2D eigenvalue weighted by molar-refractivity contribution is -0.156. The summed E-state index contributed by atoms with van der Waals surface area (Å²) >= 11 is 0. The van der Waals surface area contributed by atoms with Crippen molar-refractivity contribution < 1.29 is 14.6 Å². The van der Waals surface area contributed by atoms with Crippen LogP contribution in [0.4, 0.5) is 0 Å². The van der Waals surface area contributed by atoms with E-state index in [-0.39, 0.29) is 12.1 Å². The molecule has 3 atom stereocenters. The second-order valence-electron chi connectivity index (χ2n) is 4.60. The smallest absolute Gasteiger partial charge is 0.312 e. The first-order valence-electron chi connectivity index (χ1n) is 5.01. The van der Waals surface area contributed by atoms with E-state index >= 15 is 0 Å². The van der Waals surface area contributed by atoms with Crippen LogP contribution in [0.5, 0.6) is 0 Å². The van der Waals surface area contributed by atoms with E-state index in [9.17, 15) is 9.90 Å². The SMILES string of the molecule is C=C1CC2(C(=O)OC)CC(O)CC1C2. The van der Waals surface area contributed by atoms with Crippen molar-refractivity contribution in [2.75, 3.05) is 7.11 Å². The van der Waals surface area contributed by atoms with Crippen molar-refractivity contribution in [3.05, 3.63) is 12.2 Å².